The van der Waals surface area contributed by atoms with Crippen molar-refractivity contribution in [1.29, 1.82) is 0 Å². The molecular formula is C38H67N5O6. The van der Waals surface area contributed by atoms with Crippen LogP contribution in [-0.2, 0) is 24.0 Å². The van der Waals surface area contributed by atoms with E-state index in [2.05, 4.69) is 55.7 Å². The van der Waals surface area contributed by atoms with E-state index >= 15 is 0 Å². The highest BCUT2D eigenvalue weighted by atomic mass is 16.7. The minimum Gasteiger partial charge on any atom is -0.393 e. The highest BCUT2D eigenvalue weighted by molar-refractivity contribution is 5.83. The number of aliphatic hydroxyl groups excluding tert-OH is 1. The van der Waals surface area contributed by atoms with Crippen LogP contribution in [0.3, 0.4) is 0 Å². The summed E-state index contributed by atoms with van der Waals surface area (Å²) >= 11 is 0. The second kappa shape index (κ2) is 15.8. The number of methoxy groups -OCH3 is 1. The van der Waals surface area contributed by atoms with Crippen LogP contribution in [0.4, 0.5) is 0 Å². The van der Waals surface area contributed by atoms with Gasteiger partial charge in [-0.05, 0) is 107 Å². The number of rotatable bonds is 12. The average Bonchev–Trinajstić information content (AvgIpc) is 3.41. The second-order valence-electron chi connectivity index (χ2n) is 17.5. The van der Waals surface area contributed by atoms with Crippen LogP contribution in [0.25, 0.3) is 0 Å². The van der Waals surface area contributed by atoms with Crippen molar-refractivity contribution < 1.29 is 29.1 Å². The largest absolute Gasteiger partial charge is 0.393 e. The molecular weight excluding hydrogens is 622 g/mol. The maximum atomic E-state index is 14.4. The van der Waals surface area contributed by atoms with Gasteiger partial charge in [0.15, 0.2) is 0 Å². The van der Waals surface area contributed by atoms with Gasteiger partial charge >= 0.3 is 0 Å². The molecule has 5 aliphatic carbocycles. The van der Waals surface area contributed by atoms with Gasteiger partial charge in [-0.2, -0.15) is 5.06 Å². The van der Waals surface area contributed by atoms with E-state index in [1.54, 1.807) is 13.8 Å². The SMILES string of the molecule is COC1C(CN2O[C@@H](CNC(C)=O)[C@H]([C@H](C)O)[C@H]2C(=O)N[C@H]2C[C@H]3C[C@@H]([C@@H]2C)C3(C)C)CCCC1C1CC(CNC(C)=O)CC(N(C)C)C1. The zero-order valence-electron chi connectivity index (χ0n) is 31.7. The lowest BCUT2D eigenvalue weighted by atomic mass is 9.45. The number of fused-ring (bicyclic) bond motifs is 2. The van der Waals surface area contributed by atoms with Crippen LogP contribution in [0.15, 0.2) is 0 Å². The lowest BCUT2D eigenvalue weighted by molar-refractivity contribution is -0.187. The van der Waals surface area contributed by atoms with E-state index in [4.69, 9.17) is 9.57 Å². The van der Waals surface area contributed by atoms with Crippen molar-refractivity contribution in [3.63, 3.8) is 0 Å². The first-order valence-corrected chi connectivity index (χ1v) is 19.2. The molecule has 5 saturated carbocycles. The fourth-order valence-electron chi connectivity index (χ4n) is 11.0. The monoisotopic (exact) mass is 690 g/mol. The lowest BCUT2D eigenvalue weighted by Crippen LogP contribution is -2.62. The van der Waals surface area contributed by atoms with Crippen LogP contribution in [0.1, 0.15) is 92.9 Å². The molecule has 6 fully saturated rings. The molecule has 2 bridgehead atoms. The van der Waals surface area contributed by atoms with E-state index in [9.17, 15) is 19.5 Å². The van der Waals surface area contributed by atoms with Gasteiger partial charge in [-0.15, -0.1) is 0 Å². The molecule has 11 nitrogen and oxygen atoms in total. The Morgan fingerprint density at radius 2 is 1.71 bits per heavy atom. The maximum absolute atomic E-state index is 14.4. The number of carbonyl (C=O) groups is 3. The number of ether oxygens (including phenoxy) is 1. The minimum atomic E-state index is -0.807. The zero-order chi connectivity index (χ0) is 35.8. The lowest BCUT2D eigenvalue weighted by Gasteiger charge is -2.62. The molecule has 4 N–H and O–H groups in total. The molecule has 6 aliphatic rings. The van der Waals surface area contributed by atoms with Crippen molar-refractivity contribution in [1.82, 2.24) is 25.9 Å². The molecule has 6 rings (SSSR count). The van der Waals surface area contributed by atoms with Gasteiger partial charge in [0.25, 0.3) is 0 Å². The Kier molecular flexibility index (Phi) is 12.4. The van der Waals surface area contributed by atoms with Crippen molar-refractivity contribution in [3.8, 4) is 0 Å². The van der Waals surface area contributed by atoms with E-state index in [1.807, 2.05) is 12.2 Å². The van der Waals surface area contributed by atoms with Crippen LogP contribution in [-0.4, -0.2) is 110 Å². The van der Waals surface area contributed by atoms with E-state index in [1.165, 1.54) is 13.3 Å². The third-order valence-electron chi connectivity index (χ3n) is 13.9. The fourth-order valence-corrected chi connectivity index (χ4v) is 11.0. The van der Waals surface area contributed by atoms with Crippen LogP contribution >= 0.6 is 0 Å². The number of hydrogen-bond donors (Lipinski definition) is 4. The smallest absolute Gasteiger partial charge is 0.240 e. The number of amides is 3. The Hall–Kier alpha value is -1.79. The normalized spacial score (nSPS) is 41.1. The van der Waals surface area contributed by atoms with Crippen molar-refractivity contribution in [2.24, 2.45) is 52.8 Å². The molecule has 0 radical (unpaired) electrons. The number of hydrogen-bond acceptors (Lipinski definition) is 8. The maximum Gasteiger partial charge on any atom is 0.240 e. The number of nitrogens with one attached hydrogen (secondary N) is 3. The number of carbonyl (C=O) groups excluding carboxylic acids is 3. The summed E-state index contributed by atoms with van der Waals surface area (Å²) in [5, 5.41) is 22.4. The standard InChI is InChI=1S/C38H67N5O6/c1-21-31-16-28(38(31,5)6)17-32(21)41-37(47)35-34(22(2)44)33(19-40-24(4)46)49-43(35)20-26-11-10-12-30(36(26)48-9)27-13-25(18-39-23(3)45)14-29(15-27)42(7)8/h21-22,25-36,44H,10-20H2,1-9H3,(H,39,45)(H,40,46)(H,41,47)/t21-,22-,25?,26?,27?,28+,29?,30?,31-,32-,33-,34-,35-,36?/m0/s1. The Morgan fingerprint density at radius 3 is 2.31 bits per heavy atom. The Labute approximate surface area is 295 Å². The molecule has 11 heteroatoms. The predicted octanol–water partition coefficient (Wildman–Crippen LogP) is 3.20. The molecule has 6 unspecified atom stereocenters. The number of hydroxylamine groups is 2. The van der Waals surface area contributed by atoms with E-state index in [-0.39, 0.29) is 42.3 Å². The van der Waals surface area contributed by atoms with Gasteiger partial charge in [-0.3, -0.25) is 19.2 Å². The fraction of sp³-hybridized carbons (Fsp3) is 0.921. The Morgan fingerprint density at radius 1 is 1.02 bits per heavy atom. The third kappa shape index (κ3) is 8.32. The van der Waals surface area contributed by atoms with Crippen LogP contribution in [0, 0.1) is 52.8 Å². The zero-order valence-corrected chi connectivity index (χ0v) is 31.7. The molecule has 0 spiro atoms. The topological polar surface area (TPSA) is 132 Å². The van der Waals surface area contributed by atoms with E-state index < -0.39 is 24.2 Å². The first kappa shape index (κ1) is 38.4. The van der Waals surface area contributed by atoms with Gasteiger partial charge < -0.3 is 30.7 Å². The molecule has 3 amide bonds. The van der Waals surface area contributed by atoms with Crippen molar-refractivity contribution in [3.05, 3.63) is 0 Å². The average molecular weight is 690 g/mol. The molecule has 0 aromatic heterocycles. The Bertz CT molecular complexity index is 1170. The van der Waals surface area contributed by atoms with Gasteiger partial charge in [0.05, 0.1) is 12.2 Å². The minimum absolute atomic E-state index is 0.000458. The summed E-state index contributed by atoms with van der Waals surface area (Å²) in [6.45, 7) is 13.3. The van der Waals surface area contributed by atoms with Crippen LogP contribution < -0.4 is 16.0 Å². The molecule has 1 saturated heterocycles. The van der Waals surface area contributed by atoms with Gasteiger partial charge in [-0.1, -0.05) is 27.2 Å². The van der Waals surface area contributed by atoms with Gasteiger partial charge in [-0.25, -0.2) is 0 Å². The molecule has 280 valence electrons. The van der Waals surface area contributed by atoms with Crippen LogP contribution in [0.2, 0.25) is 0 Å². The highest BCUT2D eigenvalue weighted by Gasteiger charge is 2.58. The van der Waals surface area contributed by atoms with Gasteiger partial charge in [0.1, 0.15) is 12.1 Å². The van der Waals surface area contributed by atoms with E-state index in [0.29, 0.717) is 60.1 Å². The first-order valence-electron chi connectivity index (χ1n) is 19.2. The summed E-state index contributed by atoms with van der Waals surface area (Å²) in [5.74, 6) is 2.25. The predicted molar refractivity (Wildman–Crippen MR) is 189 cm³/mol. The summed E-state index contributed by atoms with van der Waals surface area (Å²) in [4.78, 5) is 47.0. The summed E-state index contributed by atoms with van der Waals surface area (Å²) in [5.41, 5.74) is 0.316. The summed E-state index contributed by atoms with van der Waals surface area (Å²) in [7, 11) is 6.13. The molecule has 1 aliphatic heterocycles. The van der Waals surface area contributed by atoms with Crippen molar-refractivity contribution in [2.75, 3.05) is 40.8 Å². The molecule has 1 heterocycles. The highest BCUT2D eigenvalue weighted by Crippen LogP contribution is 2.61. The summed E-state index contributed by atoms with van der Waals surface area (Å²) < 4.78 is 6.38. The quantitative estimate of drug-likeness (QED) is 0.246. The van der Waals surface area contributed by atoms with Crippen molar-refractivity contribution in [2.45, 2.75) is 129 Å². The Balaban J connectivity index is 1.35. The summed E-state index contributed by atoms with van der Waals surface area (Å²) in [6, 6.07) is -0.127. The van der Waals surface area contributed by atoms with E-state index in [0.717, 1.165) is 44.9 Å². The molecule has 0 aromatic rings. The molecule has 0 aromatic carbocycles. The summed E-state index contributed by atoms with van der Waals surface area (Å²) in [6.07, 6.45) is 7.27. The molecule has 49 heavy (non-hydrogen) atoms. The van der Waals surface area contributed by atoms with Crippen LogP contribution in [0.5, 0.6) is 0 Å². The second-order valence-corrected chi connectivity index (χ2v) is 17.5. The number of nitrogens with zero attached hydrogens (tertiary/aromatic N) is 2. The van der Waals surface area contributed by atoms with Gasteiger partial charge in [0.2, 0.25) is 17.7 Å². The van der Waals surface area contributed by atoms with Crippen molar-refractivity contribution >= 4 is 17.7 Å². The molecule has 14 atom stereocenters. The van der Waals surface area contributed by atoms with Gasteiger partial charge in [0, 0.05) is 64.5 Å². The first-order chi connectivity index (χ1) is 23.1. The number of aliphatic hydroxyl groups is 1. The third-order valence-corrected chi connectivity index (χ3v) is 13.9.